The van der Waals surface area contributed by atoms with E-state index < -0.39 is 5.97 Å². The minimum Gasteiger partial charge on any atom is -0.313 e. The van der Waals surface area contributed by atoms with Gasteiger partial charge in [0.15, 0.2) is 0 Å². The van der Waals surface area contributed by atoms with Gasteiger partial charge in [-0.2, -0.15) is 0 Å². The van der Waals surface area contributed by atoms with E-state index in [1.54, 1.807) is 12.1 Å². The smallest absolute Gasteiger partial charge is 0.313 e. The first kappa shape index (κ1) is 15.1. The molecule has 1 aromatic carbocycles. The molecule has 0 N–H and O–H groups in total. The molecule has 3 nitrogen and oxygen atoms in total. The van der Waals surface area contributed by atoms with Gasteiger partial charge in [0.1, 0.15) is 0 Å². The van der Waals surface area contributed by atoms with Crippen molar-refractivity contribution in [3.63, 3.8) is 0 Å². The highest BCUT2D eigenvalue weighted by Gasteiger charge is 2.18. The number of nitrogens with zero attached hydrogens (tertiary/aromatic N) is 1. The first-order chi connectivity index (χ1) is 9.66. The summed E-state index contributed by atoms with van der Waals surface area (Å²) in [6.45, 7) is 0. The van der Waals surface area contributed by atoms with Crippen LogP contribution in [0.2, 0.25) is 5.02 Å². The molecule has 0 aliphatic heterocycles. The predicted octanol–water partition coefficient (Wildman–Crippen LogP) is 4.43. The van der Waals surface area contributed by atoms with E-state index in [1.807, 2.05) is 18.2 Å². The van der Waals surface area contributed by atoms with Crippen LogP contribution in [0.25, 0.3) is 6.08 Å². The van der Waals surface area contributed by atoms with Gasteiger partial charge in [-0.1, -0.05) is 41.4 Å². The van der Waals surface area contributed by atoms with E-state index in [0.29, 0.717) is 5.02 Å². The largest absolute Gasteiger partial charge is 0.358 e. The monoisotopic (exact) mass is 311 g/mol. The van der Waals surface area contributed by atoms with E-state index in [9.17, 15) is 4.79 Å². The van der Waals surface area contributed by atoms with Crippen molar-refractivity contribution < 1.29 is 9.63 Å². The second-order valence-corrected chi connectivity index (χ2v) is 5.50. The van der Waals surface area contributed by atoms with Crippen LogP contribution in [-0.2, 0) is 9.63 Å². The van der Waals surface area contributed by atoms with Crippen molar-refractivity contribution in [3.05, 3.63) is 40.9 Å². The number of carbonyl (C=O) groups is 1. The van der Waals surface area contributed by atoms with Gasteiger partial charge in [-0.25, -0.2) is 4.79 Å². The number of rotatable bonds is 3. The van der Waals surface area contributed by atoms with Gasteiger partial charge in [0.2, 0.25) is 0 Å². The lowest BCUT2D eigenvalue weighted by Crippen LogP contribution is -2.20. The molecule has 0 amide bonds. The molecule has 1 aromatic rings. The molecule has 1 atom stereocenters. The lowest BCUT2D eigenvalue weighted by molar-refractivity contribution is -0.137. The van der Waals surface area contributed by atoms with Crippen LogP contribution in [0.15, 0.2) is 35.5 Å². The SMILES string of the molecule is O=C(C=Cc1ccccc1Cl)ON=C1CCCCC1Cl. The average Bonchev–Trinajstić information content (AvgIpc) is 2.45. The van der Waals surface area contributed by atoms with Crippen LogP contribution in [-0.4, -0.2) is 17.1 Å². The van der Waals surface area contributed by atoms with E-state index >= 15 is 0 Å². The van der Waals surface area contributed by atoms with Crippen molar-refractivity contribution >= 4 is 41.0 Å². The first-order valence-electron chi connectivity index (χ1n) is 6.51. The minimum atomic E-state index is -0.535. The molecule has 1 aliphatic rings. The van der Waals surface area contributed by atoms with Gasteiger partial charge in [-0.3, -0.25) is 0 Å². The van der Waals surface area contributed by atoms with Gasteiger partial charge < -0.3 is 4.84 Å². The molecular formula is C15H15Cl2NO2. The van der Waals surface area contributed by atoms with Gasteiger partial charge in [0, 0.05) is 11.1 Å². The Bertz CT molecular complexity index is 540. The molecule has 0 spiro atoms. The van der Waals surface area contributed by atoms with Crippen molar-refractivity contribution in [1.82, 2.24) is 0 Å². The Kier molecular flexibility index (Phi) is 5.62. The van der Waals surface area contributed by atoms with Crippen LogP contribution in [0.3, 0.4) is 0 Å². The summed E-state index contributed by atoms with van der Waals surface area (Å²) in [5.41, 5.74) is 1.50. The summed E-state index contributed by atoms with van der Waals surface area (Å²) in [4.78, 5) is 16.4. The maximum Gasteiger partial charge on any atom is 0.358 e. The Morgan fingerprint density at radius 2 is 2.15 bits per heavy atom. The maximum atomic E-state index is 11.6. The van der Waals surface area contributed by atoms with Gasteiger partial charge in [-0.05, 0) is 37.0 Å². The highest BCUT2D eigenvalue weighted by atomic mass is 35.5. The van der Waals surface area contributed by atoms with Crippen LogP contribution in [0.5, 0.6) is 0 Å². The van der Waals surface area contributed by atoms with Crippen molar-refractivity contribution in [1.29, 1.82) is 0 Å². The van der Waals surface area contributed by atoms with Gasteiger partial charge in [0.25, 0.3) is 0 Å². The van der Waals surface area contributed by atoms with Crippen LogP contribution < -0.4 is 0 Å². The lowest BCUT2D eigenvalue weighted by atomic mass is 9.98. The number of benzene rings is 1. The van der Waals surface area contributed by atoms with E-state index in [0.717, 1.165) is 37.0 Å². The van der Waals surface area contributed by atoms with Crippen LogP contribution in [0, 0.1) is 0 Å². The maximum absolute atomic E-state index is 11.6. The molecule has 20 heavy (non-hydrogen) atoms. The molecule has 0 aromatic heterocycles. The Labute approximate surface area is 128 Å². The number of carbonyl (C=O) groups excluding carboxylic acids is 1. The first-order valence-corrected chi connectivity index (χ1v) is 7.32. The van der Waals surface area contributed by atoms with E-state index in [4.69, 9.17) is 28.0 Å². The molecule has 1 saturated carbocycles. The summed E-state index contributed by atoms with van der Waals surface area (Å²) in [5, 5.41) is 4.31. The van der Waals surface area contributed by atoms with E-state index in [1.165, 1.54) is 6.08 Å². The van der Waals surface area contributed by atoms with Gasteiger partial charge in [-0.15, -0.1) is 11.6 Å². The quantitative estimate of drug-likeness (QED) is 0.358. The topological polar surface area (TPSA) is 38.7 Å². The minimum absolute atomic E-state index is 0.121. The molecule has 0 saturated heterocycles. The predicted molar refractivity (Wildman–Crippen MR) is 82.1 cm³/mol. The standard InChI is InChI=1S/C15H15Cl2NO2/c16-12-6-2-1-5-11(12)9-10-15(19)20-18-14-8-4-3-7-13(14)17/h1-2,5-6,9-10,13H,3-4,7-8H2. The fraction of sp³-hybridized carbons (Fsp3) is 0.333. The molecule has 0 radical (unpaired) electrons. The van der Waals surface area contributed by atoms with Crippen molar-refractivity contribution in [2.75, 3.05) is 0 Å². The summed E-state index contributed by atoms with van der Waals surface area (Å²) in [7, 11) is 0. The number of halogens is 2. The number of oxime groups is 1. The molecule has 0 heterocycles. The average molecular weight is 312 g/mol. The Balaban J connectivity index is 1.92. The van der Waals surface area contributed by atoms with Crippen molar-refractivity contribution in [2.45, 2.75) is 31.1 Å². The third kappa shape index (κ3) is 4.36. The molecular weight excluding hydrogens is 297 g/mol. The zero-order valence-corrected chi connectivity index (χ0v) is 12.4. The number of alkyl halides is 1. The van der Waals surface area contributed by atoms with E-state index in [-0.39, 0.29) is 5.38 Å². The molecule has 106 valence electrons. The van der Waals surface area contributed by atoms with Crippen molar-refractivity contribution in [3.8, 4) is 0 Å². The molecule has 0 bridgehead atoms. The lowest BCUT2D eigenvalue weighted by Gasteiger charge is -2.16. The Morgan fingerprint density at radius 3 is 2.90 bits per heavy atom. The summed E-state index contributed by atoms with van der Waals surface area (Å²) in [5.74, 6) is -0.535. The zero-order chi connectivity index (χ0) is 14.4. The third-order valence-electron chi connectivity index (χ3n) is 3.06. The Morgan fingerprint density at radius 1 is 1.35 bits per heavy atom. The molecule has 1 unspecified atom stereocenters. The fourth-order valence-electron chi connectivity index (χ4n) is 1.96. The highest BCUT2D eigenvalue weighted by Crippen LogP contribution is 2.20. The molecule has 2 rings (SSSR count). The Hall–Kier alpha value is -1.32. The number of hydrogen-bond acceptors (Lipinski definition) is 3. The number of hydrogen-bond donors (Lipinski definition) is 0. The second kappa shape index (κ2) is 7.46. The fourth-order valence-corrected chi connectivity index (χ4v) is 2.46. The van der Waals surface area contributed by atoms with Crippen LogP contribution in [0.1, 0.15) is 31.2 Å². The third-order valence-corrected chi connectivity index (χ3v) is 3.87. The van der Waals surface area contributed by atoms with Crippen LogP contribution in [0.4, 0.5) is 0 Å². The summed E-state index contributed by atoms with van der Waals surface area (Å²) < 4.78 is 0. The molecule has 1 aliphatic carbocycles. The molecule has 1 fully saturated rings. The molecule has 5 heteroatoms. The second-order valence-electron chi connectivity index (χ2n) is 4.56. The normalized spacial score (nSPS) is 21.3. The summed E-state index contributed by atoms with van der Waals surface area (Å²) >= 11 is 12.1. The highest BCUT2D eigenvalue weighted by molar-refractivity contribution is 6.32. The van der Waals surface area contributed by atoms with Crippen LogP contribution >= 0.6 is 23.2 Å². The van der Waals surface area contributed by atoms with Gasteiger partial charge >= 0.3 is 5.97 Å². The van der Waals surface area contributed by atoms with Gasteiger partial charge in [0.05, 0.1) is 11.1 Å². The van der Waals surface area contributed by atoms with E-state index in [2.05, 4.69) is 5.16 Å². The summed E-state index contributed by atoms with van der Waals surface area (Å²) in [6.07, 6.45) is 6.70. The zero-order valence-electron chi connectivity index (χ0n) is 10.9. The summed E-state index contributed by atoms with van der Waals surface area (Å²) in [6, 6.07) is 7.24. The van der Waals surface area contributed by atoms with Crippen molar-refractivity contribution in [2.24, 2.45) is 5.16 Å².